The molecule has 2 nitrogen and oxygen atoms in total. The van der Waals surface area contributed by atoms with Crippen molar-refractivity contribution in [1.29, 1.82) is 0 Å². The Hall–Kier alpha value is -2.22. The Morgan fingerprint density at radius 2 is 1.24 bits per heavy atom. The summed E-state index contributed by atoms with van der Waals surface area (Å²) in [5.74, 6) is -0.717. The normalized spacial score (nSPS) is 10.6. The van der Waals surface area contributed by atoms with Gasteiger partial charge in [0.15, 0.2) is 11.6 Å². The van der Waals surface area contributed by atoms with E-state index in [2.05, 4.69) is 6.92 Å². The molecule has 108 valence electrons. The molecule has 0 atom stereocenters. The largest absolute Gasteiger partial charge is 0.293 e. The Balaban J connectivity index is 2.26. The Morgan fingerprint density at radius 1 is 0.810 bits per heavy atom. The van der Waals surface area contributed by atoms with Crippen LogP contribution in [0.4, 0.5) is 0 Å². The van der Waals surface area contributed by atoms with E-state index in [0.29, 0.717) is 17.5 Å². The summed E-state index contributed by atoms with van der Waals surface area (Å²) in [6.07, 6.45) is 2.46. The van der Waals surface area contributed by atoms with Crippen LogP contribution >= 0.6 is 0 Å². The van der Waals surface area contributed by atoms with Gasteiger partial charge in [0.25, 0.3) is 0 Å². The van der Waals surface area contributed by atoms with E-state index in [-0.39, 0.29) is 11.6 Å². The molecule has 0 radical (unpaired) electrons. The first kappa shape index (κ1) is 15.2. The van der Waals surface area contributed by atoms with Crippen LogP contribution in [-0.2, 0) is 0 Å². The monoisotopic (exact) mass is 280 g/mol. The predicted octanol–water partition coefficient (Wildman–Crippen LogP) is 4.56. The minimum Gasteiger partial charge on any atom is -0.293 e. The molecule has 0 saturated carbocycles. The highest BCUT2D eigenvalue weighted by atomic mass is 16.1. The highest BCUT2D eigenvalue weighted by molar-refractivity contribution is 6.16. The molecule has 2 rings (SSSR count). The fraction of sp³-hybridized carbons (Fsp3) is 0.263. The molecule has 0 amide bonds. The van der Waals surface area contributed by atoms with Gasteiger partial charge in [0, 0.05) is 11.1 Å². The number of hydrogen-bond acceptors (Lipinski definition) is 2. The van der Waals surface area contributed by atoms with Crippen LogP contribution in [0.3, 0.4) is 0 Å². The van der Waals surface area contributed by atoms with E-state index < -0.39 is 5.92 Å². The third kappa shape index (κ3) is 3.88. The van der Waals surface area contributed by atoms with Crippen molar-refractivity contribution >= 4 is 11.6 Å². The maximum atomic E-state index is 12.6. The maximum absolute atomic E-state index is 12.6. The fourth-order valence-electron chi connectivity index (χ4n) is 2.40. The molecule has 0 saturated heterocycles. The lowest BCUT2D eigenvalue weighted by molar-refractivity contribution is 0.0797. The maximum Gasteiger partial charge on any atom is 0.173 e. The number of hydrogen-bond donors (Lipinski definition) is 0. The molecular weight excluding hydrogens is 260 g/mol. The minimum absolute atomic E-state index is 0.0714. The van der Waals surface area contributed by atoms with Crippen LogP contribution < -0.4 is 0 Å². The summed E-state index contributed by atoms with van der Waals surface area (Å²) in [5.41, 5.74) is 1.23. The average molecular weight is 280 g/mol. The minimum atomic E-state index is -0.574. The summed E-state index contributed by atoms with van der Waals surface area (Å²) < 4.78 is 0. The molecule has 0 fully saturated rings. The number of Topliss-reactive ketones (excluding diaryl/α,β-unsaturated/α-hetero) is 2. The zero-order valence-corrected chi connectivity index (χ0v) is 12.3. The second-order valence-corrected chi connectivity index (χ2v) is 5.16. The fourth-order valence-corrected chi connectivity index (χ4v) is 2.40. The Morgan fingerprint density at radius 3 is 1.62 bits per heavy atom. The number of carbonyl (C=O) groups is 2. The van der Waals surface area contributed by atoms with Crippen LogP contribution in [0.2, 0.25) is 0 Å². The number of unbranched alkanes of at least 4 members (excludes halogenated alkanes) is 1. The van der Waals surface area contributed by atoms with E-state index in [0.717, 1.165) is 12.8 Å². The molecule has 0 unspecified atom stereocenters. The highest BCUT2D eigenvalue weighted by Crippen LogP contribution is 2.20. The second-order valence-electron chi connectivity index (χ2n) is 5.16. The van der Waals surface area contributed by atoms with Crippen LogP contribution in [0.1, 0.15) is 46.9 Å². The van der Waals surface area contributed by atoms with Crippen LogP contribution in [0.15, 0.2) is 60.7 Å². The predicted molar refractivity (Wildman–Crippen MR) is 84.6 cm³/mol. The third-order valence-electron chi connectivity index (χ3n) is 3.60. The summed E-state index contributed by atoms with van der Waals surface area (Å²) in [5, 5.41) is 0. The van der Waals surface area contributed by atoms with Crippen molar-refractivity contribution in [2.24, 2.45) is 5.92 Å². The molecule has 0 heterocycles. The lowest BCUT2D eigenvalue weighted by atomic mass is 9.86. The molecule has 0 aliphatic heterocycles. The SMILES string of the molecule is CCCCC(C(=O)c1ccccc1)C(=O)c1ccccc1. The van der Waals surface area contributed by atoms with Gasteiger partial charge in [0.1, 0.15) is 0 Å². The number of ketones is 2. The number of benzene rings is 2. The first-order valence-electron chi connectivity index (χ1n) is 7.42. The molecule has 0 bridgehead atoms. The lowest BCUT2D eigenvalue weighted by Gasteiger charge is -2.14. The van der Waals surface area contributed by atoms with E-state index in [4.69, 9.17) is 0 Å². The van der Waals surface area contributed by atoms with Crippen molar-refractivity contribution in [3.8, 4) is 0 Å². The molecule has 0 aliphatic rings. The van der Waals surface area contributed by atoms with E-state index in [9.17, 15) is 9.59 Å². The Bertz CT molecular complexity index is 536. The van der Waals surface area contributed by atoms with E-state index >= 15 is 0 Å². The van der Waals surface area contributed by atoms with Crippen molar-refractivity contribution in [2.45, 2.75) is 26.2 Å². The molecule has 2 heteroatoms. The van der Waals surface area contributed by atoms with Gasteiger partial charge in [0.2, 0.25) is 0 Å². The van der Waals surface area contributed by atoms with Gasteiger partial charge in [-0.3, -0.25) is 9.59 Å². The first-order chi connectivity index (χ1) is 10.2. The second kappa shape index (κ2) is 7.53. The summed E-state index contributed by atoms with van der Waals surface area (Å²) >= 11 is 0. The molecule has 2 aromatic rings. The van der Waals surface area contributed by atoms with Gasteiger partial charge in [-0.2, -0.15) is 0 Å². The van der Waals surface area contributed by atoms with Gasteiger partial charge in [-0.05, 0) is 6.42 Å². The highest BCUT2D eigenvalue weighted by Gasteiger charge is 2.27. The lowest BCUT2D eigenvalue weighted by Crippen LogP contribution is -2.24. The van der Waals surface area contributed by atoms with Crippen LogP contribution in [-0.4, -0.2) is 11.6 Å². The molecule has 0 N–H and O–H groups in total. The zero-order valence-electron chi connectivity index (χ0n) is 12.3. The quantitative estimate of drug-likeness (QED) is 0.550. The van der Waals surface area contributed by atoms with Gasteiger partial charge in [-0.25, -0.2) is 0 Å². The standard InChI is InChI=1S/C19H20O2/c1-2-3-14-17(18(20)15-10-6-4-7-11-15)19(21)16-12-8-5-9-13-16/h4-13,17H,2-3,14H2,1H3. The van der Waals surface area contributed by atoms with Crippen molar-refractivity contribution in [3.63, 3.8) is 0 Å². The summed E-state index contributed by atoms with van der Waals surface area (Å²) in [4.78, 5) is 25.3. The summed E-state index contributed by atoms with van der Waals surface area (Å²) in [7, 11) is 0. The van der Waals surface area contributed by atoms with Crippen molar-refractivity contribution < 1.29 is 9.59 Å². The zero-order chi connectivity index (χ0) is 15.1. The molecular formula is C19H20O2. The average Bonchev–Trinajstić information content (AvgIpc) is 2.56. The Labute approximate surface area is 125 Å². The third-order valence-corrected chi connectivity index (χ3v) is 3.60. The van der Waals surface area contributed by atoms with Gasteiger partial charge < -0.3 is 0 Å². The van der Waals surface area contributed by atoms with E-state index in [1.54, 1.807) is 24.3 Å². The van der Waals surface area contributed by atoms with Crippen LogP contribution in [0, 0.1) is 5.92 Å². The van der Waals surface area contributed by atoms with Crippen molar-refractivity contribution in [3.05, 3.63) is 71.8 Å². The van der Waals surface area contributed by atoms with Crippen molar-refractivity contribution in [2.75, 3.05) is 0 Å². The van der Waals surface area contributed by atoms with Crippen LogP contribution in [0.5, 0.6) is 0 Å². The van der Waals surface area contributed by atoms with Crippen LogP contribution in [0.25, 0.3) is 0 Å². The molecule has 0 aliphatic carbocycles. The van der Waals surface area contributed by atoms with Gasteiger partial charge in [-0.15, -0.1) is 0 Å². The number of rotatable bonds is 7. The summed E-state index contributed by atoms with van der Waals surface area (Å²) in [6, 6.07) is 18.2. The van der Waals surface area contributed by atoms with E-state index in [1.807, 2.05) is 36.4 Å². The topological polar surface area (TPSA) is 34.1 Å². The van der Waals surface area contributed by atoms with Gasteiger partial charge >= 0.3 is 0 Å². The van der Waals surface area contributed by atoms with Gasteiger partial charge in [0.05, 0.1) is 5.92 Å². The first-order valence-corrected chi connectivity index (χ1v) is 7.42. The van der Waals surface area contributed by atoms with Crippen molar-refractivity contribution in [1.82, 2.24) is 0 Å². The number of carbonyl (C=O) groups excluding carboxylic acids is 2. The summed E-state index contributed by atoms with van der Waals surface area (Å²) in [6.45, 7) is 2.07. The Kier molecular flexibility index (Phi) is 5.44. The smallest absolute Gasteiger partial charge is 0.173 e. The molecule has 0 aromatic heterocycles. The molecule has 0 spiro atoms. The molecule has 2 aromatic carbocycles. The molecule has 21 heavy (non-hydrogen) atoms. The van der Waals surface area contributed by atoms with Gasteiger partial charge in [-0.1, -0.05) is 80.4 Å². The van der Waals surface area contributed by atoms with E-state index in [1.165, 1.54) is 0 Å².